The molecule has 1 aromatic heterocycles. The summed E-state index contributed by atoms with van der Waals surface area (Å²) >= 11 is 1.24. The van der Waals surface area contributed by atoms with Crippen LogP contribution in [0.3, 0.4) is 0 Å². The third kappa shape index (κ3) is 4.00. The second kappa shape index (κ2) is 7.65. The molecule has 2 heterocycles. The average molecular weight is 396 g/mol. The number of nitrogens with one attached hydrogen (secondary N) is 1. The highest BCUT2D eigenvalue weighted by molar-refractivity contribution is 7.91. The number of cyclic esters (lactones) is 1. The molecule has 0 unspecified atom stereocenters. The molecule has 1 fully saturated rings. The van der Waals surface area contributed by atoms with Crippen LogP contribution in [-0.4, -0.2) is 40.8 Å². The number of nitrogens with zero attached hydrogens (tertiary/aromatic N) is 1. The summed E-state index contributed by atoms with van der Waals surface area (Å²) in [6.07, 6.45) is -0.259. The van der Waals surface area contributed by atoms with E-state index in [1.54, 1.807) is 43.5 Å². The summed E-state index contributed by atoms with van der Waals surface area (Å²) in [5, 5.41) is 0. The van der Waals surface area contributed by atoms with Crippen LogP contribution in [0, 0.1) is 0 Å². The maximum Gasteiger partial charge on any atom is 0.414 e. The van der Waals surface area contributed by atoms with Gasteiger partial charge in [-0.3, -0.25) is 4.90 Å². The van der Waals surface area contributed by atoms with E-state index in [4.69, 9.17) is 9.47 Å². The van der Waals surface area contributed by atoms with Gasteiger partial charge in [-0.1, -0.05) is 6.92 Å². The van der Waals surface area contributed by atoms with Gasteiger partial charge in [0, 0.05) is 17.1 Å². The molecular formula is C17H20N2O5S2. The van der Waals surface area contributed by atoms with Crippen molar-refractivity contribution in [2.45, 2.75) is 23.7 Å². The van der Waals surface area contributed by atoms with Crippen LogP contribution in [-0.2, 0) is 21.2 Å². The Labute approximate surface area is 156 Å². The normalized spacial score (nSPS) is 17.4. The molecule has 1 N–H and O–H groups in total. The third-order valence-corrected chi connectivity index (χ3v) is 7.15. The van der Waals surface area contributed by atoms with Crippen molar-refractivity contribution in [2.75, 3.05) is 25.1 Å². The van der Waals surface area contributed by atoms with E-state index in [1.807, 2.05) is 6.92 Å². The van der Waals surface area contributed by atoms with E-state index in [0.717, 1.165) is 11.3 Å². The number of amides is 1. The number of sulfonamides is 1. The number of rotatable bonds is 7. The Bertz CT molecular complexity index is 877. The second-order valence-electron chi connectivity index (χ2n) is 5.74. The van der Waals surface area contributed by atoms with Crippen molar-refractivity contribution >= 4 is 33.1 Å². The summed E-state index contributed by atoms with van der Waals surface area (Å²) in [7, 11) is -2.04. The molecule has 1 saturated heterocycles. The average Bonchev–Trinajstić information content (AvgIpc) is 3.27. The van der Waals surface area contributed by atoms with Gasteiger partial charge in [-0.05, 0) is 42.8 Å². The van der Waals surface area contributed by atoms with Gasteiger partial charge >= 0.3 is 6.09 Å². The fourth-order valence-electron chi connectivity index (χ4n) is 2.57. The standard InChI is InChI=1S/C17H20N2O5S2/c1-3-15-8-9-16(25-15)26(21,22)18-10-14-11-19(17(20)24-14)12-4-6-13(23-2)7-5-12/h4-9,14,18H,3,10-11H2,1-2H3/t14-/m0/s1. The third-order valence-electron chi connectivity index (χ3n) is 4.01. The van der Waals surface area contributed by atoms with Crippen molar-refractivity contribution in [2.24, 2.45) is 0 Å². The zero-order chi connectivity index (χ0) is 18.7. The highest BCUT2D eigenvalue weighted by Gasteiger charge is 2.33. The summed E-state index contributed by atoms with van der Waals surface area (Å²) in [5.74, 6) is 0.688. The van der Waals surface area contributed by atoms with Crippen molar-refractivity contribution < 1.29 is 22.7 Å². The van der Waals surface area contributed by atoms with E-state index in [1.165, 1.54) is 16.2 Å². The molecule has 9 heteroatoms. The van der Waals surface area contributed by atoms with E-state index in [2.05, 4.69) is 4.72 Å². The first-order chi connectivity index (χ1) is 12.4. The quantitative estimate of drug-likeness (QED) is 0.778. The molecule has 3 rings (SSSR count). The number of aryl methyl sites for hydroxylation is 1. The number of anilines is 1. The monoisotopic (exact) mass is 396 g/mol. The minimum Gasteiger partial charge on any atom is -0.497 e. The van der Waals surface area contributed by atoms with Gasteiger partial charge in [0.15, 0.2) is 0 Å². The minimum absolute atomic E-state index is 0.0279. The molecule has 7 nitrogen and oxygen atoms in total. The summed E-state index contributed by atoms with van der Waals surface area (Å²) < 4.78 is 37.9. The number of carbonyl (C=O) groups excluding carboxylic acids is 1. The lowest BCUT2D eigenvalue weighted by Crippen LogP contribution is -2.34. The summed E-state index contributed by atoms with van der Waals surface area (Å²) in [4.78, 5) is 14.5. The lowest BCUT2D eigenvalue weighted by Gasteiger charge is -2.13. The van der Waals surface area contributed by atoms with Crippen LogP contribution in [0.2, 0.25) is 0 Å². The van der Waals surface area contributed by atoms with Gasteiger partial charge in [0.1, 0.15) is 16.1 Å². The Morgan fingerprint density at radius 1 is 1.27 bits per heavy atom. The second-order valence-corrected chi connectivity index (χ2v) is 8.90. The topological polar surface area (TPSA) is 84.9 Å². The lowest BCUT2D eigenvalue weighted by molar-refractivity contribution is 0.143. The van der Waals surface area contributed by atoms with E-state index in [0.29, 0.717) is 11.4 Å². The molecule has 0 spiro atoms. The van der Waals surface area contributed by atoms with Crippen LogP contribution in [0.4, 0.5) is 10.5 Å². The van der Waals surface area contributed by atoms with Crippen molar-refractivity contribution in [1.82, 2.24) is 4.72 Å². The molecule has 0 radical (unpaired) electrons. The molecule has 26 heavy (non-hydrogen) atoms. The van der Waals surface area contributed by atoms with Crippen LogP contribution in [0.5, 0.6) is 5.75 Å². The molecule has 1 amide bonds. The first-order valence-electron chi connectivity index (χ1n) is 8.13. The highest BCUT2D eigenvalue weighted by Crippen LogP contribution is 2.25. The number of hydrogen-bond acceptors (Lipinski definition) is 6. The predicted molar refractivity (Wildman–Crippen MR) is 99.5 cm³/mol. The van der Waals surface area contributed by atoms with Gasteiger partial charge in [0.05, 0.1) is 13.7 Å². The number of carbonyl (C=O) groups is 1. The van der Waals surface area contributed by atoms with Crippen LogP contribution in [0.25, 0.3) is 0 Å². The van der Waals surface area contributed by atoms with E-state index < -0.39 is 22.2 Å². The molecular weight excluding hydrogens is 376 g/mol. The minimum atomic E-state index is -3.60. The van der Waals surface area contributed by atoms with Crippen molar-refractivity contribution in [1.29, 1.82) is 0 Å². The lowest BCUT2D eigenvalue weighted by atomic mass is 10.2. The Morgan fingerprint density at radius 3 is 2.62 bits per heavy atom. The SMILES string of the molecule is CCc1ccc(S(=O)(=O)NC[C@H]2CN(c3ccc(OC)cc3)C(=O)O2)s1. The van der Waals surface area contributed by atoms with Crippen molar-refractivity contribution in [3.63, 3.8) is 0 Å². The predicted octanol–water partition coefficient (Wildman–Crippen LogP) is 2.62. The number of hydrogen-bond donors (Lipinski definition) is 1. The smallest absolute Gasteiger partial charge is 0.414 e. The summed E-state index contributed by atoms with van der Waals surface area (Å²) in [6.45, 7) is 2.28. The first-order valence-corrected chi connectivity index (χ1v) is 10.4. The van der Waals surface area contributed by atoms with Crippen LogP contribution in [0.1, 0.15) is 11.8 Å². The van der Waals surface area contributed by atoms with Gasteiger partial charge in [0.25, 0.3) is 0 Å². The molecule has 1 aromatic carbocycles. The summed E-state index contributed by atoms with van der Waals surface area (Å²) in [5.41, 5.74) is 0.673. The van der Waals surface area contributed by atoms with E-state index >= 15 is 0 Å². The van der Waals surface area contributed by atoms with Crippen LogP contribution in [0.15, 0.2) is 40.6 Å². The Balaban J connectivity index is 1.61. The molecule has 0 bridgehead atoms. The fraction of sp³-hybridized carbons (Fsp3) is 0.353. The number of methoxy groups -OCH3 is 1. The molecule has 1 aliphatic heterocycles. The Morgan fingerprint density at radius 2 is 2.00 bits per heavy atom. The first kappa shape index (κ1) is 18.7. The van der Waals surface area contributed by atoms with Crippen LogP contribution >= 0.6 is 11.3 Å². The van der Waals surface area contributed by atoms with E-state index in [9.17, 15) is 13.2 Å². The maximum absolute atomic E-state index is 12.4. The summed E-state index contributed by atoms with van der Waals surface area (Å²) in [6, 6.07) is 10.4. The maximum atomic E-state index is 12.4. The fourth-order valence-corrected chi connectivity index (χ4v) is 4.97. The number of ether oxygens (including phenoxy) is 2. The Hall–Kier alpha value is -2.10. The molecule has 1 aliphatic rings. The molecule has 140 valence electrons. The number of thiophene rings is 1. The van der Waals surface area contributed by atoms with Gasteiger partial charge in [-0.25, -0.2) is 17.9 Å². The van der Waals surface area contributed by atoms with E-state index in [-0.39, 0.29) is 17.3 Å². The number of benzene rings is 1. The zero-order valence-electron chi connectivity index (χ0n) is 14.5. The molecule has 2 aromatic rings. The van der Waals surface area contributed by atoms with Gasteiger partial charge < -0.3 is 9.47 Å². The zero-order valence-corrected chi connectivity index (χ0v) is 16.1. The van der Waals surface area contributed by atoms with Crippen molar-refractivity contribution in [3.8, 4) is 5.75 Å². The van der Waals surface area contributed by atoms with Crippen LogP contribution < -0.4 is 14.4 Å². The molecule has 0 aliphatic carbocycles. The van der Waals surface area contributed by atoms with Gasteiger partial charge in [-0.2, -0.15) is 0 Å². The van der Waals surface area contributed by atoms with Gasteiger partial charge in [0.2, 0.25) is 10.0 Å². The molecule has 0 saturated carbocycles. The highest BCUT2D eigenvalue weighted by atomic mass is 32.2. The molecule has 1 atom stereocenters. The Kier molecular flexibility index (Phi) is 5.49. The van der Waals surface area contributed by atoms with Gasteiger partial charge in [-0.15, -0.1) is 11.3 Å². The van der Waals surface area contributed by atoms with Crippen molar-refractivity contribution in [3.05, 3.63) is 41.3 Å². The largest absolute Gasteiger partial charge is 0.497 e.